The van der Waals surface area contributed by atoms with E-state index < -0.39 is 11.7 Å². The van der Waals surface area contributed by atoms with Crippen LogP contribution in [0.25, 0.3) is 0 Å². The molecule has 0 radical (unpaired) electrons. The van der Waals surface area contributed by atoms with Gasteiger partial charge >= 0.3 is 6.18 Å². The quantitative estimate of drug-likeness (QED) is 0.827. The number of alkyl halides is 3. The van der Waals surface area contributed by atoms with Crippen molar-refractivity contribution in [2.45, 2.75) is 26.9 Å². The average molecular weight is 317 g/mol. The number of rotatable bonds is 4. The molecule has 0 aliphatic carbocycles. The van der Waals surface area contributed by atoms with Gasteiger partial charge in [0.15, 0.2) is 0 Å². The first-order valence-corrected chi connectivity index (χ1v) is 7.08. The summed E-state index contributed by atoms with van der Waals surface area (Å²) < 4.78 is 44.4. The summed E-state index contributed by atoms with van der Waals surface area (Å²) in [4.78, 5) is 0. The van der Waals surface area contributed by atoms with Crippen molar-refractivity contribution in [1.29, 1.82) is 5.26 Å². The van der Waals surface area contributed by atoms with E-state index in [0.29, 0.717) is 5.75 Å². The van der Waals surface area contributed by atoms with E-state index in [0.717, 1.165) is 6.07 Å². The van der Waals surface area contributed by atoms with Crippen molar-refractivity contribution < 1.29 is 17.9 Å². The normalized spacial score (nSPS) is 13.6. The smallest absolute Gasteiger partial charge is 0.420 e. The second-order valence-electron chi connectivity index (χ2n) is 5.88. The van der Waals surface area contributed by atoms with Gasteiger partial charge in [-0.15, -0.1) is 0 Å². The molecule has 1 aromatic rings. The van der Waals surface area contributed by atoms with Crippen molar-refractivity contribution >= 4 is 12.6 Å². The largest absolute Gasteiger partial charge is 0.493 e. The molecule has 1 unspecified atom stereocenters. The molecule has 0 aromatic heterocycles. The van der Waals surface area contributed by atoms with E-state index in [4.69, 9.17) is 10.00 Å². The van der Waals surface area contributed by atoms with Crippen LogP contribution in [0.15, 0.2) is 18.2 Å². The van der Waals surface area contributed by atoms with E-state index in [1.165, 1.54) is 12.1 Å². The van der Waals surface area contributed by atoms with E-state index in [2.05, 4.69) is 12.6 Å². The van der Waals surface area contributed by atoms with Gasteiger partial charge < -0.3 is 4.74 Å². The zero-order chi connectivity index (χ0) is 16.3. The summed E-state index contributed by atoms with van der Waals surface area (Å²) >= 11 is 4.22. The molecule has 0 fully saturated rings. The highest BCUT2D eigenvalue weighted by molar-refractivity contribution is 7.80. The van der Waals surface area contributed by atoms with Gasteiger partial charge in [-0.2, -0.15) is 31.1 Å². The maximum atomic E-state index is 13.0. The van der Waals surface area contributed by atoms with Crippen LogP contribution in [-0.2, 0) is 6.18 Å². The van der Waals surface area contributed by atoms with Crippen LogP contribution in [0.4, 0.5) is 13.2 Å². The Labute approximate surface area is 128 Å². The van der Waals surface area contributed by atoms with Gasteiger partial charge in [0.2, 0.25) is 0 Å². The average Bonchev–Trinajstić information content (AvgIpc) is 2.36. The molecule has 0 aliphatic rings. The fraction of sp³-hybridized carbons (Fsp3) is 0.533. The highest BCUT2D eigenvalue weighted by atomic mass is 32.1. The number of thiol groups is 1. The van der Waals surface area contributed by atoms with Gasteiger partial charge in [0.25, 0.3) is 0 Å². The Hall–Kier alpha value is -1.35. The van der Waals surface area contributed by atoms with Crippen molar-refractivity contribution in [1.82, 2.24) is 0 Å². The Morgan fingerprint density at radius 1 is 1.29 bits per heavy atom. The minimum Gasteiger partial charge on any atom is -0.493 e. The van der Waals surface area contributed by atoms with Crippen molar-refractivity contribution in [2.24, 2.45) is 11.3 Å². The molecule has 0 amide bonds. The summed E-state index contributed by atoms with van der Waals surface area (Å²) in [6.07, 6.45) is -4.56. The fourth-order valence-electron chi connectivity index (χ4n) is 1.71. The van der Waals surface area contributed by atoms with Gasteiger partial charge in [-0.1, -0.05) is 20.8 Å². The number of hydrogen-bond donors (Lipinski definition) is 1. The molecular formula is C15H18F3NOS. The molecular weight excluding hydrogens is 299 g/mol. The lowest BCUT2D eigenvalue weighted by Crippen LogP contribution is -2.28. The molecule has 21 heavy (non-hydrogen) atoms. The Bertz CT molecular complexity index is 529. The number of benzene rings is 1. The number of ether oxygens (including phenoxy) is 1. The lowest BCUT2D eigenvalue weighted by molar-refractivity contribution is -0.139. The van der Waals surface area contributed by atoms with Gasteiger partial charge in [-0.05, 0) is 29.4 Å². The third kappa shape index (κ3) is 4.85. The van der Waals surface area contributed by atoms with E-state index in [1.54, 1.807) is 6.07 Å². The predicted octanol–water partition coefficient (Wildman–Crippen LogP) is 4.55. The first kappa shape index (κ1) is 17.7. The van der Waals surface area contributed by atoms with Crippen molar-refractivity contribution in [3.05, 3.63) is 29.3 Å². The highest BCUT2D eigenvalue weighted by Gasteiger charge is 2.35. The fourth-order valence-corrected chi connectivity index (χ4v) is 2.37. The monoisotopic (exact) mass is 317 g/mol. The molecule has 0 N–H and O–H groups in total. The zero-order valence-electron chi connectivity index (χ0n) is 12.2. The van der Waals surface area contributed by atoms with Crippen LogP contribution in [-0.4, -0.2) is 12.4 Å². The van der Waals surface area contributed by atoms with Gasteiger partial charge in [-0.25, -0.2) is 0 Å². The lowest BCUT2D eigenvalue weighted by Gasteiger charge is -2.29. The van der Waals surface area contributed by atoms with Crippen molar-refractivity contribution in [3.8, 4) is 11.8 Å². The maximum absolute atomic E-state index is 13.0. The van der Waals surface area contributed by atoms with E-state index in [9.17, 15) is 13.2 Å². The minimum atomic E-state index is -4.56. The molecule has 0 spiro atoms. The maximum Gasteiger partial charge on any atom is 0.420 e. The third-order valence-corrected chi connectivity index (χ3v) is 3.74. The molecule has 1 rings (SSSR count). The highest BCUT2D eigenvalue weighted by Crippen LogP contribution is 2.37. The SMILES string of the molecule is CC(C)(C)C(CS)COc1ccc(C#N)cc1C(F)(F)F. The minimum absolute atomic E-state index is 0.0116. The van der Waals surface area contributed by atoms with E-state index in [-0.39, 0.29) is 29.3 Å². The topological polar surface area (TPSA) is 33.0 Å². The van der Waals surface area contributed by atoms with Gasteiger partial charge in [-0.3, -0.25) is 0 Å². The summed E-state index contributed by atoms with van der Waals surface area (Å²) in [5.74, 6) is 0.274. The summed E-state index contributed by atoms with van der Waals surface area (Å²) in [6.45, 7) is 6.10. The lowest BCUT2D eigenvalue weighted by atomic mass is 9.82. The second-order valence-corrected chi connectivity index (χ2v) is 6.24. The Morgan fingerprint density at radius 3 is 2.33 bits per heavy atom. The summed E-state index contributed by atoms with van der Waals surface area (Å²) in [5, 5.41) is 8.71. The molecule has 0 bridgehead atoms. The van der Waals surface area contributed by atoms with Crippen molar-refractivity contribution in [3.63, 3.8) is 0 Å². The van der Waals surface area contributed by atoms with Crippen LogP contribution in [0.5, 0.6) is 5.75 Å². The molecule has 2 nitrogen and oxygen atoms in total. The van der Waals surface area contributed by atoms with Gasteiger partial charge in [0.05, 0.1) is 23.8 Å². The van der Waals surface area contributed by atoms with Crippen LogP contribution in [0, 0.1) is 22.7 Å². The van der Waals surface area contributed by atoms with Crippen LogP contribution in [0.1, 0.15) is 31.9 Å². The Kier molecular flexibility index (Phi) is 5.57. The third-order valence-electron chi connectivity index (χ3n) is 3.30. The predicted molar refractivity (Wildman–Crippen MR) is 78.5 cm³/mol. The number of halogens is 3. The van der Waals surface area contributed by atoms with Crippen LogP contribution in [0.2, 0.25) is 0 Å². The number of nitrogens with zero attached hydrogens (tertiary/aromatic N) is 1. The second kappa shape index (κ2) is 6.61. The van der Waals surface area contributed by atoms with Gasteiger partial charge in [0.1, 0.15) is 5.75 Å². The molecule has 1 aromatic carbocycles. The molecule has 116 valence electrons. The zero-order valence-corrected chi connectivity index (χ0v) is 13.1. The molecule has 6 heteroatoms. The summed E-state index contributed by atoms with van der Waals surface area (Å²) in [7, 11) is 0. The summed E-state index contributed by atoms with van der Waals surface area (Å²) in [6, 6.07) is 5.02. The standard InChI is InChI=1S/C15H18F3NOS/c1-14(2,3)11(9-21)8-20-13-5-4-10(7-19)6-12(13)15(16,17)18/h4-6,11,21H,8-9H2,1-3H3. The Balaban J connectivity index is 3.01. The van der Waals surface area contributed by atoms with Crippen molar-refractivity contribution in [2.75, 3.05) is 12.4 Å². The Morgan fingerprint density at radius 2 is 1.90 bits per heavy atom. The first-order valence-electron chi connectivity index (χ1n) is 6.44. The molecule has 1 atom stereocenters. The first-order chi connectivity index (χ1) is 9.59. The van der Waals surface area contributed by atoms with E-state index >= 15 is 0 Å². The number of hydrogen-bond acceptors (Lipinski definition) is 3. The van der Waals surface area contributed by atoms with Crippen LogP contribution >= 0.6 is 12.6 Å². The van der Waals surface area contributed by atoms with Gasteiger partial charge in [0, 0.05) is 5.92 Å². The van der Waals surface area contributed by atoms with Crippen LogP contribution in [0.3, 0.4) is 0 Å². The van der Waals surface area contributed by atoms with E-state index in [1.807, 2.05) is 20.8 Å². The molecule has 0 heterocycles. The molecule has 0 aliphatic heterocycles. The summed E-state index contributed by atoms with van der Waals surface area (Å²) in [5.41, 5.74) is -1.09. The number of nitriles is 1. The van der Waals surface area contributed by atoms with Crippen LogP contribution < -0.4 is 4.74 Å². The molecule has 0 saturated heterocycles. The molecule has 0 saturated carbocycles.